The highest BCUT2D eigenvalue weighted by molar-refractivity contribution is 7.89. The monoisotopic (exact) mass is 417 g/mol. The van der Waals surface area contributed by atoms with E-state index < -0.39 is 28.0 Å². The number of aromatic nitrogens is 1. The lowest BCUT2D eigenvalue weighted by Gasteiger charge is -2.13. The molecule has 0 saturated carbocycles. The summed E-state index contributed by atoms with van der Waals surface area (Å²) < 4.78 is 32.6. The molecule has 9 nitrogen and oxygen atoms in total. The predicted molar refractivity (Wildman–Crippen MR) is 106 cm³/mol. The van der Waals surface area contributed by atoms with Crippen LogP contribution in [0, 0.1) is 0 Å². The van der Waals surface area contributed by atoms with Crippen LogP contribution < -0.4 is 14.8 Å². The Balaban J connectivity index is 1.66. The van der Waals surface area contributed by atoms with Crippen molar-refractivity contribution in [1.82, 2.24) is 9.71 Å². The summed E-state index contributed by atoms with van der Waals surface area (Å²) in [6.07, 6.45) is 1.53. The van der Waals surface area contributed by atoms with E-state index in [1.807, 2.05) is 12.1 Å². The molecule has 0 amide bonds. The SMILES string of the molecule is C[C@H](NS(=O)(=O)c1ccc(NCC(=O)O)cc1)C(=O)Oc1c[nH]c2ccccc12. The highest BCUT2D eigenvalue weighted by Gasteiger charge is 2.24. The van der Waals surface area contributed by atoms with Crippen LogP contribution >= 0.6 is 0 Å². The van der Waals surface area contributed by atoms with Gasteiger partial charge in [0.25, 0.3) is 0 Å². The van der Waals surface area contributed by atoms with E-state index in [9.17, 15) is 18.0 Å². The Bertz CT molecular complexity index is 1140. The van der Waals surface area contributed by atoms with Gasteiger partial charge in [0, 0.05) is 22.8 Å². The third-order valence-electron chi connectivity index (χ3n) is 4.06. The number of sulfonamides is 1. The minimum absolute atomic E-state index is 0.0647. The Kier molecular flexibility index (Phi) is 5.85. The number of H-pyrrole nitrogens is 1. The number of nitrogens with one attached hydrogen (secondary N) is 3. The van der Waals surface area contributed by atoms with Crippen LogP contribution in [0.25, 0.3) is 10.9 Å². The summed E-state index contributed by atoms with van der Waals surface area (Å²) in [5, 5.41) is 12.0. The number of aromatic amines is 1. The molecular weight excluding hydrogens is 398 g/mol. The van der Waals surface area contributed by atoms with Gasteiger partial charge in [-0.3, -0.25) is 4.79 Å². The van der Waals surface area contributed by atoms with Gasteiger partial charge in [-0.15, -0.1) is 0 Å². The molecule has 0 aliphatic heterocycles. The number of ether oxygens (including phenoxy) is 1. The molecule has 3 aromatic rings. The Morgan fingerprint density at radius 2 is 1.83 bits per heavy atom. The minimum Gasteiger partial charge on any atom is -0.480 e. The van der Waals surface area contributed by atoms with Gasteiger partial charge >= 0.3 is 11.9 Å². The Labute approximate surface area is 166 Å². The van der Waals surface area contributed by atoms with Gasteiger partial charge in [0.1, 0.15) is 12.6 Å². The van der Waals surface area contributed by atoms with Gasteiger partial charge in [-0.05, 0) is 43.3 Å². The molecule has 0 unspecified atom stereocenters. The van der Waals surface area contributed by atoms with Gasteiger partial charge in [0.15, 0.2) is 5.75 Å². The number of benzene rings is 2. The van der Waals surface area contributed by atoms with Crippen molar-refractivity contribution in [2.45, 2.75) is 17.9 Å². The summed E-state index contributed by atoms with van der Waals surface area (Å²) in [4.78, 5) is 25.8. The smallest absolute Gasteiger partial charge is 0.329 e. The van der Waals surface area contributed by atoms with Gasteiger partial charge in [-0.25, -0.2) is 13.2 Å². The summed E-state index contributed by atoms with van der Waals surface area (Å²) in [6.45, 7) is 1.10. The van der Waals surface area contributed by atoms with Crippen molar-refractivity contribution in [1.29, 1.82) is 0 Å². The zero-order valence-electron chi connectivity index (χ0n) is 15.4. The molecule has 0 fully saturated rings. The lowest BCUT2D eigenvalue weighted by molar-refractivity contribution is -0.136. The fourth-order valence-electron chi connectivity index (χ4n) is 2.60. The third-order valence-corrected chi connectivity index (χ3v) is 5.61. The molecule has 152 valence electrons. The molecule has 0 bridgehead atoms. The van der Waals surface area contributed by atoms with Crippen LogP contribution in [0.5, 0.6) is 5.75 Å². The van der Waals surface area contributed by atoms with Crippen LogP contribution in [0.3, 0.4) is 0 Å². The molecule has 29 heavy (non-hydrogen) atoms. The third kappa shape index (κ3) is 4.92. The Hall–Kier alpha value is -3.37. The number of aliphatic carboxylic acids is 1. The topological polar surface area (TPSA) is 138 Å². The first-order valence-corrected chi connectivity index (χ1v) is 10.1. The number of carbonyl (C=O) groups excluding carboxylic acids is 1. The zero-order valence-corrected chi connectivity index (χ0v) is 16.2. The summed E-state index contributed by atoms with van der Waals surface area (Å²) in [6, 6.07) is 11.6. The maximum absolute atomic E-state index is 12.5. The van der Waals surface area contributed by atoms with Crippen LogP contribution in [0.2, 0.25) is 0 Å². The van der Waals surface area contributed by atoms with Gasteiger partial charge in [0.2, 0.25) is 10.0 Å². The maximum atomic E-state index is 12.5. The fraction of sp³-hybridized carbons (Fsp3) is 0.158. The average molecular weight is 417 g/mol. The maximum Gasteiger partial charge on any atom is 0.329 e. The van der Waals surface area contributed by atoms with Crippen molar-refractivity contribution in [3.8, 4) is 5.75 Å². The molecule has 0 radical (unpaired) electrons. The highest BCUT2D eigenvalue weighted by atomic mass is 32.2. The predicted octanol–water partition coefficient (Wildman–Crippen LogP) is 1.94. The lowest BCUT2D eigenvalue weighted by atomic mass is 10.2. The number of carbonyl (C=O) groups is 2. The summed E-state index contributed by atoms with van der Waals surface area (Å²) in [7, 11) is -3.98. The second-order valence-electron chi connectivity index (χ2n) is 6.23. The van der Waals surface area contributed by atoms with Crippen molar-refractivity contribution in [3.05, 3.63) is 54.7 Å². The summed E-state index contributed by atoms with van der Waals surface area (Å²) >= 11 is 0. The molecule has 1 heterocycles. The standard InChI is InChI=1S/C19H19N3O6S/c1-12(19(25)28-17-10-21-16-5-3-2-4-15(16)17)22-29(26,27)14-8-6-13(7-9-14)20-11-18(23)24/h2-10,12,20-22H,11H2,1H3,(H,23,24)/t12-/m0/s1. The zero-order chi connectivity index (χ0) is 21.0. The van der Waals surface area contributed by atoms with Crippen molar-refractivity contribution >= 4 is 38.6 Å². The molecule has 1 atom stereocenters. The summed E-state index contributed by atoms with van der Waals surface area (Å²) in [5.41, 5.74) is 1.25. The number of anilines is 1. The largest absolute Gasteiger partial charge is 0.480 e. The van der Waals surface area contributed by atoms with Crippen LogP contribution in [0.1, 0.15) is 6.92 Å². The number of esters is 1. The first kappa shape index (κ1) is 20.4. The number of rotatable bonds is 8. The number of carboxylic acids is 1. The second-order valence-corrected chi connectivity index (χ2v) is 7.95. The minimum atomic E-state index is -3.98. The number of para-hydroxylation sites is 1. The van der Waals surface area contributed by atoms with E-state index in [-0.39, 0.29) is 11.4 Å². The fourth-order valence-corrected chi connectivity index (χ4v) is 3.80. The molecule has 3 rings (SSSR count). The number of hydrogen-bond acceptors (Lipinski definition) is 6. The van der Waals surface area contributed by atoms with Crippen LogP contribution in [-0.2, 0) is 19.6 Å². The lowest BCUT2D eigenvalue weighted by Crippen LogP contribution is -2.40. The molecule has 1 aromatic heterocycles. The molecular formula is C19H19N3O6S. The first-order chi connectivity index (χ1) is 13.8. The van der Waals surface area contributed by atoms with E-state index in [1.165, 1.54) is 37.4 Å². The highest BCUT2D eigenvalue weighted by Crippen LogP contribution is 2.25. The van der Waals surface area contributed by atoms with Crippen LogP contribution in [0.4, 0.5) is 5.69 Å². The first-order valence-electron chi connectivity index (χ1n) is 8.62. The van der Waals surface area contributed by atoms with E-state index in [0.29, 0.717) is 16.8 Å². The van der Waals surface area contributed by atoms with E-state index in [0.717, 1.165) is 5.52 Å². The van der Waals surface area contributed by atoms with Gasteiger partial charge < -0.3 is 20.1 Å². The number of carboxylic acid groups (broad SMARTS) is 1. The van der Waals surface area contributed by atoms with Crippen LogP contribution in [0.15, 0.2) is 59.6 Å². The Morgan fingerprint density at radius 3 is 2.52 bits per heavy atom. The van der Waals surface area contributed by atoms with Crippen molar-refractivity contribution in [2.24, 2.45) is 0 Å². The summed E-state index contributed by atoms with van der Waals surface area (Å²) in [5.74, 6) is -1.48. The average Bonchev–Trinajstić information content (AvgIpc) is 3.09. The Morgan fingerprint density at radius 1 is 1.14 bits per heavy atom. The van der Waals surface area contributed by atoms with Crippen molar-refractivity contribution in [3.63, 3.8) is 0 Å². The molecule has 10 heteroatoms. The van der Waals surface area contributed by atoms with E-state index in [2.05, 4.69) is 15.0 Å². The van der Waals surface area contributed by atoms with Gasteiger partial charge in [-0.1, -0.05) is 12.1 Å². The number of fused-ring (bicyclic) bond motifs is 1. The van der Waals surface area contributed by atoms with Crippen molar-refractivity contribution in [2.75, 3.05) is 11.9 Å². The van der Waals surface area contributed by atoms with Crippen molar-refractivity contribution < 1.29 is 27.9 Å². The molecule has 2 aromatic carbocycles. The molecule has 0 spiro atoms. The van der Waals surface area contributed by atoms with E-state index >= 15 is 0 Å². The number of hydrogen-bond donors (Lipinski definition) is 4. The normalized spacial score (nSPS) is 12.4. The molecule has 0 aliphatic rings. The molecule has 0 aliphatic carbocycles. The van der Waals surface area contributed by atoms with E-state index in [4.69, 9.17) is 9.84 Å². The molecule has 0 saturated heterocycles. The van der Waals surface area contributed by atoms with Crippen LogP contribution in [-0.4, -0.2) is 43.0 Å². The molecule has 4 N–H and O–H groups in total. The van der Waals surface area contributed by atoms with E-state index in [1.54, 1.807) is 12.1 Å². The van der Waals surface area contributed by atoms with Gasteiger partial charge in [-0.2, -0.15) is 4.72 Å². The quantitative estimate of drug-likeness (QED) is 0.411. The van der Waals surface area contributed by atoms with Gasteiger partial charge in [0.05, 0.1) is 4.90 Å². The second kappa shape index (κ2) is 8.33.